The minimum absolute atomic E-state index is 0.115. The van der Waals surface area contributed by atoms with Crippen LogP contribution < -0.4 is 4.72 Å². The van der Waals surface area contributed by atoms with Crippen molar-refractivity contribution in [2.75, 3.05) is 0 Å². The van der Waals surface area contributed by atoms with Crippen molar-refractivity contribution in [2.45, 2.75) is 29.5 Å². The van der Waals surface area contributed by atoms with E-state index in [2.05, 4.69) is 20.7 Å². The summed E-state index contributed by atoms with van der Waals surface area (Å²) in [5.74, 6) is -0.793. The summed E-state index contributed by atoms with van der Waals surface area (Å²) in [5.41, 5.74) is 0. The van der Waals surface area contributed by atoms with Gasteiger partial charge < -0.3 is 5.11 Å². The quantitative estimate of drug-likeness (QED) is 0.819. The molecule has 1 saturated carbocycles. The highest BCUT2D eigenvalue weighted by molar-refractivity contribution is 9.10. The number of thiophene rings is 1. The Hall–Kier alpha value is -0.440. The maximum atomic E-state index is 12.0. The Morgan fingerprint density at radius 3 is 2.72 bits per heavy atom. The van der Waals surface area contributed by atoms with Gasteiger partial charge in [-0.15, -0.1) is 11.3 Å². The van der Waals surface area contributed by atoms with Crippen LogP contribution in [0.2, 0.25) is 0 Å². The summed E-state index contributed by atoms with van der Waals surface area (Å²) >= 11 is 4.19. The average molecular weight is 354 g/mol. The number of rotatable bonds is 6. The average Bonchev–Trinajstić information content (AvgIpc) is 2.96. The van der Waals surface area contributed by atoms with Gasteiger partial charge in [-0.2, -0.15) is 4.72 Å². The zero-order valence-corrected chi connectivity index (χ0v) is 12.5. The van der Waals surface area contributed by atoms with Gasteiger partial charge in [-0.05, 0) is 39.7 Å². The molecule has 0 bridgehead atoms. The summed E-state index contributed by atoms with van der Waals surface area (Å²) in [7, 11) is -3.77. The van der Waals surface area contributed by atoms with E-state index in [1.165, 1.54) is 0 Å². The molecular weight excluding hydrogens is 342 g/mol. The Kier molecular flexibility index (Phi) is 4.10. The number of sulfonamides is 1. The first kappa shape index (κ1) is 14.0. The zero-order valence-electron chi connectivity index (χ0n) is 9.30. The zero-order chi connectivity index (χ0) is 13.3. The molecule has 0 unspecified atom stereocenters. The van der Waals surface area contributed by atoms with Crippen molar-refractivity contribution in [1.82, 2.24) is 4.72 Å². The first-order valence-corrected chi connectivity index (χ1v) is 8.54. The third-order valence-corrected chi connectivity index (χ3v) is 6.83. The SMILES string of the molecule is O=C(O)[C@H](CC1CC1)NS(=O)(=O)c1sccc1Br. The molecule has 1 aliphatic rings. The molecule has 2 N–H and O–H groups in total. The summed E-state index contributed by atoms with van der Waals surface area (Å²) in [5, 5.41) is 10.7. The van der Waals surface area contributed by atoms with E-state index in [0.717, 1.165) is 24.2 Å². The van der Waals surface area contributed by atoms with E-state index >= 15 is 0 Å². The fourth-order valence-electron chi connectivity index (χ4n) is 1.60. The standard InChI is InChI=1S/C10H12BrNO4S2/c11-7-3-4-17-10(7)18(15,16)12-8(9(13)14)5-6-1-2-6/h3-4,6,8,12H,1-2,5H2,(H,13,14)/t8-/m0/s1. The van der Waals surface area contributed by atoms with Crippen LogP contribution in [0.4, 0.5) is 0 Å². The van der Waals surface area contributed by atoms with E-state index < -0.39 is 22.0 Å². The summed E-state index contributed by atoms with van der Waals surface area (Å²) in [4.78, 5) is 11.1. The minimum atomic E-state index is -3.77. The molecule has 100 valence electrons. The summed E-state index contributed by atoms with van der Waals surface area (Å²) < 4.78 is 26.9. The third kappa shape index (κ3) is 3.31. The molecule has 0 radical (unpaired) electrons. The van der Waals surface area contributed by atoms with Crippen LogP contribution in [0.5, 0.6) is 0 Å². The van der Waals surface area contributed by atoms with Gasteiger partial charge in [0.2, 0.25) is 0 Å². The van der Waals surface area contributed by atoms with Crippen LogP contribution >= 0.6 is 27.3 Å². The topological polar surface area (TPSA) is 83.5 Å². The maximum Gasteiger partial charge on any atom is 0.321 e. The molecule has 1 aliphatic carbocycles. The van der Waals surface area contributed by atoms with Gasteiger partial charge in [0.15, 0.2) is 0 Å². The van der Waals surface area contributed by atoms with E-state index in [0.29, 0.717) is 16.8 Å². The summed E-state index contributed by atoms with van der Waals surface area (Å²) in [6.45, 7) is 0. The number of carboxylic acids is 1. The molecule has 0 amide bonds. The van der Waals surface area contributed by atoms with E-state index in [1.54, 1.807) is 11.4 Å². The van der Waals surface area contributed by atoms with Crippen molar-refractivity contribution in [1.29, 1.82) is 0 Å². The largest absolute Gasteiger partial charge is 0.480 e. The number of nitrogens with one attached hydrogen (secondary N) is 1. The number of hydrogen-bond acceptors (Lipinski definition) is 4. The second-order valence-corrected chi connectivity index (χ2v) is 7.93. The molecule has 1 fully saturated rings. The molecule has 0 saturated heterocycles. The third-order valence-electron chi connectivity index (χ3n) is 2.69. The second-order valence-electron chi connectivity index (χ2n) is 4.25. The number of halogens is 1. The second kappa shape index (κ2) is 5.28. The fourth-order valence-corrected chi connectivity index (χ4v) is 5.15. The first-order chi connectivity index (χ1) is 8.40. The summed E-state index contributed by atoms with van der Waals surface area (Å²) in [6, 6.07) is 0.576. The predicted molar refractivity (Wildman–Crippen MR) is 71.1 cm³/mol. The molecule has 1 aromatic rings. The van der Waals surface area contributed by atoms with Crippen LogP contribution in [0.25, 0.3) is 0 Å². The Bertz CT molecular complexity index is 550. The smallest absolute Gasteiger partial charge is 0.321 e. The number of hydrogen-bond donors (Lipinski definition) is 2. The molecule has 0 aliphatic heterocycles. The molecule has 1 aromatic heterocycles. The van der Waals surface area contributed by atoms with E-state index in [9.17, 15) is 13.2 Å². The monoisotopic (exact) mass is 353 g/mol. The van der Waals surface area contributed by atoms with Crippen molar-refractivity contribution in [2.24, 2.45) is 5.92 Å². The Morgan fingerprint density at radius 1 is 1.61 bits per heavy atom. The highest BCUT2D eigenvalue weighted by Gasteiger charge is 2.33. The van der Waals surface area contributed by atoms with Gasteiger partial charge in [-0.3, -0.25) is 4.79 Å². The van der Waals surface area contributed by atoms with Gasteiger partial charge in [0, 0.05) is 4.47 Å². The molecule has 0 spiro atoms. The van der Waals surface area contributed by atoms with E-state index in [-0.39, 0.29) is 4.21 Å². The van der Waals surface area contributed by atoms with Gasteiger partial charge >= 0.3 is 5.97 Å². The molecule has 8 heteroatoms. The number of carbonyl (C=O) groups is 1. The first-order valence-electron chi connectivity index (χ1n) is 5.38. The fraction of sp³-hybridized carbons (Fsp3) is 0.500. The lowest BCUT2D eigenvalue weighted by Crippen LogP contribution is -2.40. The van der Waals surface area contributed by atoms with E-state index in [4.69, 9.17) is 5.11 Å². The molecule has 1 heterocycles. The van der Waals surface area contributed by atoms with Gasteiger partial charge in [0.05, 0.1) is 0 Å². The van der Waals surface area contributed by atoms with Crippen molar-refractivity contribution < 1.29 is 18.3 Å². The van der Waals surface area contributed by atoms with Crippen molar-refractivity contribution in [3.8, 4) is 0 Å². The molecule has 5 nitrogen and oxygen atoms in total. The number of carboxylic acid groups (broad SMARTS) is 1. The van der Waals surface area contributed by atoms with Crippen LogP contribution in [0.1, 0.15) is 19.3 Å². The van der Waals surface area contributed by atoms with Crippen LogP contribution in [0, 0.1) is 5.92 Å². The molecule has 18 heavy (non-hydrogen) atoms. The minimum Gasteiger partial charge on any atom is -0.480 e. The summed E-state index contributed by atoms with van der Waals surface area (Å²) in [6.07, 6.45) is 2.32. The normalized spacial score (nSPS) is 17.6. The van der Waals surface area contributed by atoms with Gasteiger partial charge in [0.25, 0.3) is 10.0 Å². The Labute approximate surface area is 117 Å². The lowest BCUT2D eigenvalue weighted by molar-refractivity contribution is -0.139. The van der Waals surface area contributed by atoms with Crippen LogP contribution in [0.3, 0.4) is 0 Å². The lowest BCUT2D eigenvalue weighted by atomic mass is 10.1. The van der Waals surface area contributed by atoms with Crippen LogP contribution in [0.15, 0.2) is 20.1 Å². The van der Waals surface area contributed by atoms with E-state index in [1.807, 2.05) is 0 Å². The van der Waals surface area contributed by atoms with Crippen molar-refractivity contribution in [3.63, 3.8) is 0 Å². The van der Waals surface area contributed by atoms with Crippen LogP contribution in [-0.4, -0.2) is 25.5 Å². The highest BCUT2D eigenvalue weighted by Crippen LogP contribution is 2.34. The predicted octanol–water partition coefficient (Wildman–Crippen LogP) is 2.04. The number of aliphatic carboxylic acids is 1. The van der Waals surface area contributed by atoms with Gasteiger partial charge in [-0.1, -0.05) is 12.8 Å². The molecular formula is C10H12BrNO4S2. The van der Waals surface area contributed by atoms with Crippen LogP contribution in [-0.2, 0) is 14.8 Å². The van der Waals surface area contributed by atoms with Crippen molar-refractivity contribution >= 4 is 43.3 Å². The van der Waals surface area contributed by atoms with Crippen molar-refractivity contribution in [3.05, 3.63) is 15.9 Å². The highest BCUT2D eigenvalue weighted by atomic mass is 79.9. The Balaban J connectivity index is 2.14. The van der Waals surface area contributed by atoms with Gasteiger partial charge in [0.1, 0.15) is 10.3 Å². The molecule has 1 atom stereocenters. The Morgan fingerprint density at radius 2 is 2.28 bits per heavy atom. The molecule has 2 rings (SSSR count). The lowest BCUT2D eigenvalue weighted by Gasteiger charge is -2.13. The maximum absolute atomic E-state index is 12.0. The van der Waals surface area contributed by atoms with Gasteiger partial charge in [-0.25, -0.2) is 8.42 Å². The molecule has 0 aromatic carbocycles.